The van der Waals surface area contributed by atoms with Crippen LogP contribution in [0.1, 0.15) is 38.3 Å². The van der Waals surface area contributed by atoms with E-state index in [0.717, 1.165) is 5.56 Å². The Hall–Kier alpha value is -2.55. The predicted octanol–water partition coefficient (Wildman–Crippen LogP) is 2.13. The number of ether oxygens (including phenoxy) is 1. The van der Waals surface area contributed by atoms with Crippen LogP contribution in [0.2, 0.25) is 0 Å². The van der Waals surface area contributed by atoms with Crippen molar-refractivity contribution in [3.05, 3.63) is 35.4 Å². The topological polar surface area (TPSA) is 91.2 Å². The minimum absolute atomic E-state index is 0.0908. The summed E-state index contributed by atoms with van der Waals surface area (Å²) in [6.45, 7) is 6.32. The molecule has 6 nitrogen and oxygen atoms in total. The highest BCUT2D eigenvalue weighted by Crippen LogP contribution is 2.06. The molecule has 124 valence electrons. The second-order valence-electron chi connectivity index (χ2n) is 6.12. The molecule has 0 saturated carbocycles. The second kappa shape index (κ2) is 8.79. The Kier molecular flexibility index (Phi) is 7.07. The van der Waals surface area contributed by atoms with Crippen molar-refractivity contribution in [2.75, 3.05) is 13.1 Å². The molecule has 0 aliphatic rings. The van der Waals surface area contributed by atoms with Crippen LogP contribution < -0.4 is 10.6 Å². The van der Waals surface area contributed by atoms with Crippen LogP contribution in [-0.2, 0) is 16.0 Å². The maximum Gasteiger partial charge on any atom is 0.407 e. The number of nitrogens with one attached hydrogen (secondary N) is 2. The Morgan fingerprint density at radius 3 is 2.30 bits per heavy atom. The lowest BCUT2D eigenvalue weighted by atomic mass is 10.1. The van der Waals surface area contributed by atoms with E-state index in [4.69, 9.17) is 10.00 Å². The van der Waals surface area contributed by atoms with Crippen LogP contribution in [0.25, 0.3) is 0 Å². The average Bonchev–Trinajstić information content (AvgIpc) is 2.46. The number of hydrogen-bond donors (Lipinski definition) is 2. The van der Waals surface area contributed by atoms with E-state index >= 15 is 0 Å². The van der Waals surface area contributed by atoms with Crippen LogP contribution in [0.5, 0.6) is 0 Å². The highest BCUT2D eigenvalue weighted by molar-refractivity contribution is 5.78. The van der Waals surface area contributed by atoms with E-state index in [2.05, 4.69) is 10.6 Å². The molecule has 0 bridgehead atoms. The number of nitrogens with zero attached hydrogens (tertiary/aromatic N) is 1. The maximum absolute atomic E-state index is 11.8. The van der Waals surface area contributed by atoms with Gasteiger partial charge in [0.2, 0.25) is 5.91 Å². The predicted molar refractivity (Wildman–Crippen MR) is 86.7 cm³/mol. The molecule has 6 heteroatoms. The molecular formula is C17H23N3O3. The third-order valence-corrected chi connectivity index (χ3v) is 2.79. The van der Waals surface area contributed by atoms with Gasteiger partial charge in [-0.05, 0) is 44.9 Å². The summed E-state index contributed by atoms with van der Waals surface area (Å²) in [6, 6.07) is 8.94. The molecule has 0 aromatic heterocycles. The number of carbonyl (C=O) groups is 2. The van der Waals surface area contributed by atoms with Crippen molar-refractivity contribution in [1.29, 1.82) is 5.26 Å². The minimum Gasteiger partial charge on any atom is -0.444 e. The first kappa shape index (κ1) is 18.5. The largest absolute Gasteiger partial charge is 0.444 e. The summed E-state index contributed by atoms with van der Waals surface area (Å²) in [5, 5.41) is 14.1. The van der Waals surface area contributed by atoms with E-state index in [-0.39, 0.29) is 12.3 Å². The second-order valence-corrected chi connectivity index (χ2v) is 6.12. The van der Waals surface area contributed by atoms with E-state index in [1.54, 1.807) is 45.0 Å². The van der Waals surface area contributed by atoms with Crippen molar-refractivity contribution in [2.24, 2.45) is 0 Å². The van der Waals surface area contributed by atoms with Gasteiger partial charge in [0.15, 0.2) is 0 Å². The molecule has 0 fully saturated rings. The molecular weight excluding hydrogens is 294 g/mol. The van der Waals surface area contributed by atoms with Gasteiger partial charge < -0.3 is 15.4 Å². The average molecular weight is 317 g/mol. The van der Waals surface area contributed by atoms with E-state index in [1.165, 1.54) is 0 Å². The molecule has 1 rings (SSSR count). The van der Waals surface area contributed by atoms with Crippen LogP contribution in [0.4, 0.5) is 4.79 Å². The highest BCUT2D eigenvalue weighted by Gasteiger charge is 2.15. The molecule has 0 heterocycles. The van der Waals surface area contributed by atoms with Gasteiger partial charge in [-0.1, -0.05) is 12.1 Å². The van der Waals surface area contributed by atoms with Gasteiger partial charge in [0, 0.05) is 13.1 Å². The number of benzene rings is 1. The zero-order chi connectivity index (χ0) is 17.3. The number of hydrogen-bond acceptors (Lipinski definition) is 4. The zero-order valence-corrected chi connectivity index (χ0v) is 13.8. The number of alkyl carbamates (subject to hydrolysis) is 1. The molecule has 2 amide bonds. The Bertz CT molecular complexity index is 568. The SMILES string of the molecule is CC(C)(C)OC(=O)NCCCNC(=O)Cc1ccc(C#N)cc1. The lowest BCUT2D eigenvalue weighted by Gasteiger charge is -2.19. The summed E-state index contributed by atoms with van der Waals surface area (Å²) in [6.07, 6.45) is 0.435. The van der Waals surface area contributed by atoms with Crippen molar-refractivity contribution in [1.82, 2.24) is 10.6 Å². The van der Waals surface area contributed by atoms with Crippen molar-refractivity contribution < 1.29 is 14.3 Å². The van der Waals surface area contributed by atoms with Crippen molar-refractivity contribution >= 4 is 12.0 Å². The summed E-state index contributed by atoms with van der Waals surface area (Å²) in [5.41, 5.74) is 0.912. The highest BCUT2D eigenvalue weighted by atomic mass is 16.6. The van der Waals surface area contributed by atoms with Crippen LogP contribution in [-0.4, -0.2) is 30.7 Å². The Morgan fingerprint density at radius 1 is 1.13 bits per heavy atom. The molecule has 23 heavy (non-hydrogen) atoms. The number of amides is 2. The third-order valence-electron chi connectivity index (χ3n) is 2.79. The summed E-state index contributed by atoms with van der Waals surface area (Å²) in [5.74, 6) is -0.0908. The number of carbonyl (C=O) groups excluding carboxylic acids is 2. The summed E-state index contributed by atoms with van der Waals surface area (Å²) < 4.78 is 5.10. The maximum atomic E-state index is 11.8. The summed E-state index contributed by atoms with van der Waals surface area (Å²) >= 11 is 0. The van der Waals surface area contributed by atoms with Gasteiger partial charge >= 0.3 is 6.09 Å². The molecule has 0 aliphatic carbocycles. The first-order chi connectivity index (χ1) is 10.8. The Balaban J connectivity index is 2.17. The number of rotatable bonds is 6. The molecule has 0 radical (unpaired) electrons. The third kappa shape index (κ3) is 8.47. The smallest absolute Gasteiger partial charge is 0.407 e. The van der Waals surface area contributed by atoms with Gasteiger partial charge in [0.1, 0.15) is 5.60 Å². The Labute approximate surface area is 136 Å². The molecule has 1 aromatic rings. The minimum atomic E-state index is -0.514. The number of nitriles is 1. The normalized spacial score (nSPS) is 10.5. The monoisotopic (exact) mass is 317 g/mol. The van der Waals surface area contributed by atoms with E-state index in [9.17, 15) is 9.59 Å². The van der Waals surface area contributed by atoms with E-state index < -0.39 is 11.7 Å². The van der Waals surface area contributed by atoms with Gasteiger partial charge in [-0.15, -0.1) is 0 Å². The fourth-order valence-electron chi connectivity index (χ4n) is 1.77. The van der Waals surface area contributed by atoms with Crippen molar-refractivity contribution in [3.8, 4) is 6.07 Å². The van der Waals surface area contributed by atoms with Gasteiger partial charge in [0.25, 0.3) is 0 Å². The lowest BCUT2D eigenvalue weighted by Crippen LogP contribution is -2.34. The molecule has 0 unspecified atom stereocenters. The fourth-order valence-corrected chi connectivity index (χ4v) is 1.77. The summed E-state index contributed by atoms with van der Waals surface area (Å²) in [4.78, 5) is 23.2. The lowest BCUT2D eigenvalue weighted by molar-refractivity contribution is -0.120. The molecule has 0 spiro atoms. The Morgan fingerprint density at radius 2 is 1.74 bits per heavy atom. The molecule has 1 aromatic carbocycles. The van der Waals surface area contributed by atoms with Crippen LogP contribution >= 0.6 is 0 Å². The first-order valence-electron chi connectivity index (χ1n) is 7.53. The quantitative estimate of drug-likeness (QED) is 0.786. The standard InChI is InChI=1S/C17H23N3O3/c1-17(2,3)23-16(22)20-10-4-9-19-15(21)11-13-5-7-14(12-18)8-6-13/h5-8H,4,9-11H2,1-3H3,(H,19,21)(H,20,22). The molecule has 2 N–H and O–H groups in total. The van der Waals surface area contributed by atoms with Crippen LogP contribution in [0.3, 0.4) is 0 Å². The van der Waals surface area contributed by atoms with Crippen molar-refractivity contribution in [3.63, 3.8) is 0 Å². The molecule has 0 aliphatic heterocycles. The van der Waals surface area contributed by atoms with E-state index in [1.807, 2.05) is 6.07 Å². The van der Waals surface area contributed by atoms with Crippen LogP contribution in [0.15, 0.2) is 24.3 Å². The first-order valence-corrected chi connectivity index (χ1v) is 7.53. The van der Waals surface area contributed by atoms with Gasteiger partial charge in [0.05, 0.1) is 18.1 Å². The zero-order valence-electron chi connectivity index (χ0n) is 13.8. The molecule has 0 atom stereocenters. The van der Waals surface area contributed by atoms with Gasteiger partial charge in [-0.3, -0.25) is 4.79 Å². The summed E-state index contributed by atoms with van der Waals surface area (Å²) in [7, 11) is 0. The van der Waals surface area contributed by atoms with E-state index in [0.29, 0.717) is 25.1 Å². The van der Waals surface area contributed by atoms with Gasteiger partial charge in [-0.25, -0.2) is 4.79 Å². The van der Waals surface area contributed by atoms with Crippen molar-refractivity contribution in [2.45, 2.75) is 39.2 Å². The fraction of sp³-hybridized carbons (Fsp3) is 0.471. The van der Waals surface area contributed by atoms with Gasteiger partial charge in [-0.2, -0.15) is 5.26 Å². The molecule has 0 saturated heterocycles. The van der Waals surface area contributed by atoms with Crippen LogP contribution in [0, 0.1) is 11.3 Å².